The lowest BCUT2D eigenvalue weighted by Gasteiger charge is -2.20. The number of amides is 1. The van der Waals surface area contributed by atoms with Crippen LogP contribution in [0.5, 0.6) is 17.2 Å². The number of hydrogen-bond acceptors (Lipinski definition) is 8. The second kappa shape index (κ2) is 9.70. The van der Waals surface area contributed by atoms with Crippen LogP contribution in [0, 0.1) is 5.41 Å². The summed E-state index contributed by atoms with van der Waals surface area (Å²) in [4.78, 5) is 29.2. The van der Waals surface area contributed by atoms with Crippen molar-refractivity contribution in [2.45, 2.75) is 13.8 Å². The molecular formula is C23H19ClN4O5S. The Morgan fingerprint density at radius 1 is 1.26 bits per heavy atom. The van der Waals surface area contributed by atoms with Gasteiger partial charge in [0.2, 0.25) is 5.17 Å². The van der Waals surface area contributed by atoms with Gasteiger partial charge in [-0.05, 0) is 73.6 Å². The molecule has 2 aliphatic heterocycles. The fourth-order valence-corrected chi connectivity index (χ4v) is 4.16. The number of esters is 1. The van der Waals surface area contributed by atoms with Crippen LogP contribution in [0.4, 0.5) is 0 Å². The lowest BCUT2D eigenvalue weighted by atomic mass is 10.1. The molecule has 174 valence electrons. The summed E-state index contributed by atoms with van der Waals surface area (Å²) in [5, 5.41) is 15.0. The molecular weight excluding hydrogens is 480 g/mol. The predicted octanol–water partition coefficient (Wildman–Crippen LogP) is 4.61. The van der Waals surface area contributed by atoms with E-state index in [1.807, 2.05) is 0 Å². The number of thioether (sulfide) groups is 1. The molecule has 0 fully saturated rings. The molecule has 4 rings (SSSR count). The number of nitrogens with one attached hydrogen (secondary N) is 1. The molecule has 0 bridgehead atoms. The van der Waals surface area contributed by atoms with Gasteiger partial charge in [-0.25, -0.2) is 4.79 Å². The van der Waals surface area contributed by atoms with Crippen molar-refractivity contribution < 1.29 is 23.8 Å². The first-order valence-corrected chi connectivity index (χ1v) is 11.3. The Balaban J connectivity index is 1.65. The van der Waals surface area contributed by atoms with E-state index in [0.29, 0.717) is 27.1 Å². The summed E-state index contributed by atoms with van der Waals surface area (Å²) in [6.45, 7) is 3.83. The number of hydrazone groups is 1. The van der Waals surface area contributed by atoms with E-state index in [2.05, 4.69) is 10.1 Å². The van der Waals surface area contributed by atoms with Crippen molar-refractivity contribution in [3.05, 3.63) is 58.1 Å². The van der Waals surface area contributed by atoms with Crippen molar-refractivity contribution in [1.82, 2.24) is 5.01 Å². The maximum Gasteiger partial charge on any atom is 0.343 e. The molecule has 9 nitrogen and oxygen atoms in total. The zero-order valence-electron chi connectivity index (χ0n) is 18.4. The number of amidine groups is 2. The molecule has 0 aliphatic carbocycles. The van der Waals surface area contributed by atoms with E-state index in [1.54, 1.807) is 44.2 Å². The van der Waals surface area contributed by atoms with Crippen LogP contribution in [-0.4, -0.2) is 46.6 Å². The van der Waals surface area contributed by atoms with Gasteiger partial charge in [0, 0.05) is 0 Å². The zero-order chi connectivity index (χ0) is 24.4. The highest BCUT2D eigenvalue weighted by atomic mass is 35.5. The number of benzene rings is 2. The third-order valence-electron chi connectivity index (χ3n) is 4.72. The molecule has 2 aliphatic rings. The van der Waals surface area contributed by atoms with Crippen LogP contribution >= 0.6 is 23.4 Å². The number of carbonyl (C=O) groups is 2. The Bertz CT molecular complexity index is 1290. The normalized spacial score (nSPS) is 16.2. The third-order valence-corrected chi connectivity index (χ3v) is 5.82. The van der Waals surface area contributed by atoms with Crippen molar-refractivity contribution in [2.75, 3.05) is 13.7 Å². The van der Waals surface area contributed by atoms with Crippen LogP contribution in [0.1, 0.15) is 29.8 Å². The third kappa shape index (κ3) is 4.68. The SMILES string of the molecule is CCOc1cc(/C=C2\C(=N)N3N=C(C)SC3=NC2=O)cc(Cl)c1OC(=O)c1ccc(OC)cc1. The number of rotatable bonds is 6. The Morgan fingerprint density at radius 3 is 2.68 bits per heavy atom. The Kier molecular flexibility index (Phi) is 6.71. The van der Waals surface area contributed by atoms with Crippen LogP contribution in [-0.2, 0) is 4.79 Å². The molecule has 0 saturated heterocycles. The van der Waals surface area contributed by atoms with E-state index in [0.717, 1.165) is 0 Å². The van der Waals surface area contributed by atoms with Crippen LogP contribution in [0.2, 0.25) is 5.02 Å². The van der Waals surface area contributed by atoms with E-state index in [1.165, 1.54) is 36.0 Å². The van der Waals surface area contributed by atoms with Gasteiger partial charge in [0.15, 0.2) is 17.3 Å². The Hall–Kier alpha value is -3.63. The van der Waals surface area contributed by atoms with Crippen molar-refractivity contribution in [3.63, 3.8) is 0 Å². The highest BCUT2D eigenvalue weighted by Gasteiger charge is 2.34. The van der Waals surface area contributed by atoms with Crippen molar-refractivity contribution in [3.8, 4) is 17.2 Å². The molecule has 2 aromatic carbocycles. The average molecular weight is 499 g/mol. The number of ether oxygens (including phenoxy) is 3. The average Bonchev–Trinajstić information content (AvgIpc) is 3.19. The lowest BCUT2D eigenvalue weighted by molar-refractivity contribution is -0.114. The van der Waals surface area contributed by atoms with E-state index in [9.17, 15) is 9.59 Å². The van der Waals surface area contributed by atoms with Gasteiger partial charge in [0.1, 0.15) is 5.75 Å². The molecule has 1 N–H and O–H groups in total. The number of fused-ring (bicyclic) bond motifs is 1. The summed E-state index contributed by atoms with van der Waals surface area (Å²) >= 11 is 7.66. The van der Waals surface area contributed by atoms with E-state index < -0.39 is 11.9 Å². The minimum Gasteiger partial charge on any atom is -0.497 e. The van der Waals surface area contributed by atoms with E-state index >= 15 is 0 Å². The Labute approximate surface area is 204 Å². The maximum atomic E-state index is 12.6. The first-order valence-electron chi connectivity index (χ1n) is 10.1. The zero-order valence-corrected chi connectivity index (χ0v) is 20.0. The van der Waals surface area contributed by atoms with Crippen LogP contribution < -0.4 is 14.2 Å². The van der Waals surface area contributed by atoms with Crippen molar-refractivity contribution in [1.29, 1.82) is 5.41 Å². The van der Waals surface area contributed by atoms with Crippen LogP contribution in [0.3, 0.4) is 0 Å². The lowest BCUT2D eigenvalue weighted by Crippen LogP contribution is -2.35. The first-order chi connectivity index (χ1) is 16.3. The number of halogens is 1. The number of nitrogens with zero attached hydrogens (tertiary/aromatic N) is 3. The van der Waals surface area contributed by atoms with Gasteiger partial charge in [-0.2, -0.15) is 15.1 Å². The summed E-state index contributed by atoms with van der Waals surface area (Å²) in [6, 6.07) is 9.53. The number of carbonyl (C=O) groups excluding carboxylic acids is 2. The highest BCUT2D eigenvalue weighted by molar-refractivity contribution is 8.26. The molecule has 11 heteroatoms. The smallest absolute Gasteiger partial charge is 0.343 e. The first kappa shape index (κ1) is 23.5. The van der Waals surface area contributed by atoms with Gasteiger partial charge in [-0.1, -0.05) is 11.6 Å². The monoisotopic (exact) mass is 498 g/mol. The highest BCUT2D eigenvalue weighted by Crippen LogP contribution is 2.38. The maximum absolute atomic E-state index is 12.6. The second-order valence-electron chi connectivity index (χ2n) is 7.02. The summed E-state index contributed by atoms with van der Waals surface area (Å²) in [5.41, 5.74) is 0.820. The fourth-order valence-electron chi connectivity index (χ4n) is 3.17. The van der Waals surface area contributed by atoms with Crippen molar-refractivity contribution >= 4 is 57.4 Å². The number of aliphatic imine (C=N–C) groups is 1. The predicted molar refractivity (Wildman–Crippen MR) is 131 cm³/mol. The molecule has 0 atom stereocenters. The molecule has 1 amide bonds. The summed E-state index contributed by atoms with van der Waals surface area (Å²) in [7, 11) is 1.53. The molecule has 0 spiro atoms. The minimum atomic E-state index is -0.623. The Morgan fingerprint density at radius 2 is 2.00 bits per heavy atom. The largest absolute Gasteiger partial charge is 0.497 e. The number of hydrogen-bond donors (Lipinski definition) is 1. The second-order valence-corrected chi connectivity index (χ2v) is 8.59. The molecule has 0 aromatic heterocycles. The van der Waals surface area contributed by atoms with Crippen molar-refractivity contribution in [2.24, 2.45) is 10.1 Å². The number of methoxy groups -OCH3 is 1. The summed E-state index contributed by atoms with van der Waals surface area (Å²) < 4.78 is 16.3. The van der Waals surface area contributed by atoms with Gasteiger partial charge in [-0.3, -0.25) is 10.2 Å². The molecule has 0 saturated carbocycles. The van der Waals surface area contributed by atoms with Gasteiger partial charge in [0.25, 0.3) is 5.91 Å². The van der Waals surface area contributed by atoms with Gasteiger partial charge in [-0.15, -0.1) is 0 Å². The molecule has 34 heavy (non-hydrogen) atoms. The quantitative estimate of drug-likeness (QED) is 0.351. The minimum absolute atomic E-state index is 0.0456. The molecule has 0 unspecified atom stereocenters. The standard InChI is InChI=1S/C23H19ClN4O5S/c1-4-32-18-11-13(9-16-20(25)28-23(26-21(16)29)34-12(2)27-28)10-17(24)19(18)33-22(30)14-5-7-15(31-3)8-6-14/h5-11,25H,4H2,1-3H3/b16-9+,25-20?. The van der Waals surface area contributed by atoms with Gasteiger partial charge in [0.05, 0.1) is 34.9 Å². The van der Waals surface area contributed by atoms with E-state index in [-0.39, 0.29) is 34.5 Å². The van der Waals surface area contributed by atoms with Crippen LogP contribution in [0.15, 0.2) is 52.1 Å². The van der Waals surface area contributed by atoms with Crippen LogP contribution in [0.25, 0.3) is 6.08 Å². The molecule has 2 heterocycles. The van der Waals surface area contributed by atoms with Gasteiger partial charge >= 0.3 is 5.97 Å². The van der Waals surface area contributed by atoms with E-state index in [4.69, 9.17) is 31.2 Å². The summed E-state index contributed by atoms with van der Waals surface area (Å²) in [5.74, 6) is -0.403. The molecule has 0 radical (unpaired) electrons. The fraction of sp³-hybridized carbons (Fsp3) is 0.174. The topological polar surface area (TPSA) is 114 Å². The molecule has 2 aromatic rings. The van der Waals surface area contributed by atoms with Gasteiger partial charge < -0.3 is 14.2 Å². The summed E-state index contributed by atoms with van der Waals surface area (Å²) in [6.07, 6.45) is 1.47.